The van der Waals surface area contributed by atoms with E-state index in [1.54, 1.807) is 28.4 Å². The Kier molecular flexibility index (Phi) is 9.05. The molecule has 2 aromatic rings. The molecule has 0 radical (unpaired) electrons. The summed E-state index contributed by atoms with van der Waals surface area (Å²) in [6.45, 7) is 5.56. The molecule has 1 unspecified atom stereocenters. The predicted molar refractivity (Wildman–Crippen MR) is 134 cm³/mol. The van der Waals surface area contributed by atoms with E-state index in [0.717, 1.165) is 61.6 Å². The zero-order chi connectivity index (χ0) is 24.7. The van der Waals surface area contributed by atoms with Gasteiger partial charge in [0, 0.05) is 19.6 Å². The van der Waals surface area contributed by atoms with Crippen molar-refractivity contribution in [1.29, 1.82) is 0 Å². The molecule has 3 rings (SSSR count). The van der Waals surface area contributed by atoms with E-state index in [-0.39, 0.29) is 5.91 Å². The van der Waals surface area contributed by atoms with Crippen molar-refractivity contribution in [3.63, 3.8) is 0 Å². The molecule has 0 bridgehead atoms. The summed E-state index contributed by atoms with van der Waals surface area (Å²) in [5, 5.41) is 0. The van der Waals surface area contributed by atoms with E-state index in [1.165, 1.54) is 5.56 Å². The summed E-state index contributed by atoms with van der Waals surface area (Å²) in [5.41, 5.74) is 3.41. The predicted octanol–water partition coefficient (Wildman–Crippen LogP) is 3.77. The first kappa shape index (κ1) is 25.7. The number of hydrogen-bond donors (Lipinski definition) is 0. The lowest BCUT2D eigenvalue weighted by Gasteiger charge is -2.25. The Balaban J connectivity index is 1.51. The molecule has 2 aromatic carbocycles. The highest BCUT2D eigenvalue weighted by atomic mass is 16.5. The fourth-order valence-corrected chi connectivity index (χ4v) is 4.61. The first-order chi connectivity index (χ1) is 16.4. The van der Waals surface area contributed by atoms with Gasteiger partial charge in [0.25, 0.3) is 0 Å². The van der Waals surface area contributed by atoms with Gasteiger partial charge in [-0.15, -0.1) is 0 Å². The van der Waals surface area contributed by atoms with Gasteiger partial charge < -0.3 is 28.7 Å². The molecule has 1 atom stereocenters. The maximum Gasteiger partial charge on any atom is 0.227 e. The molecule has 0 spiro atoms. The van der Waals surface area contributed by atoms with Crippen LogP contribution in [-0.2, 0) is 17.6 Å². The van der Waals surface area contributed by atoms with Crippen LogP contribution in [-0.4, -0.2) is 77.4 Å². The SMILES string of the molecule is COc1ccc(C(C)CN(C)CCCN2CCc3cc(OC)c(OC)cc3CC2=O)cc1OC. The number of methoxy groups -OCH3 is 4. The van der Waals surface area contributed by atoms with E-state index in [9.17, 15) is 4.79 Å². The molecule has 186 valence electrons. The van der Waals surface area contributed by atoms with Crippen molar-refractivity contribution in [2.24, 2.45) is 0 Å². The van der Waals surface area contributed by atoms with Gasteiger partial charge in [-0.2, -0.15) is 0 Å². The number of fused-ring (bicyclic) bond motifs is 1. The molecule has 0 aliphatic carbocycles. The number of ether oxygens (including phenoxy) is 4. The van der Waals surface area contributed by atoms with Crippen LogP contribution in [0.15, 0.2) is 30.3 Å². The third-order valence-corrected chi connectivity index (χ3v) is 6.58. The molecular formula is C27H38N2O5. The van der Waals surface area contributed by atoms with Crippen molar-refractivity contribution in [2.45, 2.75) is 32.1 Å². The van der Waals surface area contributed by atoms with Crippen LogP contribution >= 0.6 is 0 Å². The Bertz CT molecular complexity index is 978. The fourth-order valence-electron chi connectivity index (χ4n) is 4.61. The molecule has 1 aliphatic rings. The lowest BCUT2D eigenvalue weighted by Crippen LogP contribution is -2.35. The average Bonchev–Trinajstić information content (AvgIpc) is 3.00. The van der Waals surface area contributed by atoms with Crippen molar-refractivity contribution in [3.05, 3.63) is 47.0 Å². The summed E-state index contributed by atoms with van der Waals surface area (Å²) < 4.78 is 21.6. The van der Waals surface area contributed by atoms with Crippen molar-refractivity contribution in [2.75, 3.05) is 61.7 Å². The molecule has 34 heavy (non-hydrogen) atoms. The normalized spacial score (nSPS) is 14.4. The van der Waals surface area contributed by atoms with E-state index in [2.05, 4.69) is 31.0 Å². The Morgan fingerprint density at radius 2 is 1.53 bits per heavy atom. The van der Waals surface area contributed by atoms with Crippen LogP contribution in [0.2, 0.25) is 0 Å². The zero-order valence-electron chi connectivity index (χ0n) is 21.3. The highest BCUT2D eigenvalue weighted by Crippen LogP contribution is 2.33. The molecule has 7 nitrogen and oxygen atoms in total. The number of amides is 1. The van der Waals surface area contributed by atoms with Gasteiger partial charge in [-0.05, 0) is 73.3 Å². The van der Waals surface area contributed by atoms with Crippen molar-refractivity contribution >= 4 is 5.91 Å². The van der Waals surface area contributed by atoms with Gasteiger partial charge in [0.05, 0.1) is 34.9 Å². The van der Waals surface area contributed by atoms with E-state index >= 15 is 0 Å². The van der Waals surface area contributed by atoms with Crippen LogP contribution in [0.1, 0.15) is 36.0 Å². The van der Waals surface area contributed by atoms with Crippen LogP contribution in [0.25, 0.3) is 0 Å². The van der Waals surface area contributed by atoms with Crippen LogP contribution in [0.5, 0.6) is 23.0 Å². The Morgan fingerprint density at radius 1 is 0.912 bits per heavy atom. The van der Waals surface area contributed by atoms with Gasteiger partial charge in [0.1, 0.15) is 0 Å². The molecule has 1 aliphatic heterocycles. The smallest absolute Gasteiger partial charge is 0.227 e. The molecule has 1 heterocycles. The standard InChI is InChI=1S/C27H38N2O5/c1-19(20-8-9-23(31-3)24(14-20)32-4)18-28(2)11-7-12-29-13-10-21-15-25(33-5)26(34-6)16-22(21)17-27(29)30/h8-9,14-16,19H,7,10-13,17-18H2,1-6H3. The summed E-state index contributed by atoms with van der Waals surface area (Å²) in [4.78, 5) is 17.2. The number of carbonyl (C=O) groups excluding carboxylic acids is 1. The van der Waals surface area contributed by atoms with Crippen molar-refractivity contribution < 1.29 is 23.7 Å². The summed E-state index contributed by atoms with van der Waals surface area (Å²) in [5.74, 6) is 3.41. The van der Waals surface area contributed by atoms with Crippen LogP contribution in [0.3, 0.4) is 0 Å². The molecule has 0 saturated heterocycles. The number of likely N-dealkylation sites (N-methyl/N-ethyl adjacent to an activating group) is 1. The molecule has 0 N–H and O–H groups in total. The van der Waals surface area contributed by atoms with Gasteiger partial charge in [-0.25, -0.2) is 0 Å². The minimum atomic E-state index is 0.173. The van der Waals surface area contributed by atoms with E-state index in [1.807, 2.05) is 23.1 Å². The molecule has 1 amide bonds. The first-order valence-corrected chi connectivity index (χ1v) is 11.8. The van der Waals surface area contributed by atoms with Gasteiger partial charge >= 0.3 is 0 Å². The number of benzene rings is 2. The third-order valence-electron chi connectivity index (χ3n) is 6.58. The van der Waals surface area contributed by atoms with Crippen molar-refractivity contribution in [1.82, 2.24) is 9.80 Å². The summed E-state index contributed by atoms with van der Waals surface area (Å²) >= 11 is 0. The van der Waals surface area contributed by atoms with Crippen LogP contribution in [0, 0.1) is 0 Å². The minimum Gasteiger partial charge on any atom is -0.493 e. The second-order valence-corrected chi connectivity index (χ2v) is 8.91. The number of hydrogen-bond acceptors (Lipinski definition) is 6. The highest BCUT2D eigenvalue weighted by molar-refractivity contribution is 5.80. The molecule has 0 fully saturated rings. The van der Waals surface area contributed by atoms with Gasteiger partial charge in [-0.3, -0.25) is 4.79 Å². The van der Waals surface area contributed by atoms with Gasteiger partial charge in [0.2, 0.25) is 5.91 Å². The maximum absolute atomic E-state index is 12.9. The van der Waals surface area contributed by atoms with Gasteiger partial charge in [0.15, 0.2) is 23.0 Å². The Hall–Kier alpha value is -2.93. The fraction of sp³-hybridized carbons (Fsp3) is 0.519. The number of rotatable bonds is 11. The number of nitrogens with zero attached hydrogens (tertiary/aromatic N) is 2. The number of carbonyl (C=O) groups is 1. The summed E-state index contributed by atoms with van der Waals surface area (Å²) in [6.07, 6.45) is 2.17. The second kappa shape index (κ2) is 12.0. The van der Waals surface area contributed by atoms with Crippen molar-refractivity contribution in [3.8, 4) is 23.0 Å². The minimum absolute atomic E-state index is 0.173. The maximum atomic E-state index is 12.9. The largest absolute Gasteiger partial charge is 0.493 e. The lowest BCUT2D eigenvalue weighted by molar-refractivity contribution is -0.130. The average molecular weight is 471 g/mol. The van der Waals surface area contributed by atoms with Crippen LogP contribution < -0.4 is 18.9 Å². The monoisotopic (exact) mass is 470 g/mol. The third kappa shape index (κ3) is 6.14. The van der Waals surface area contributed by atoms with E-state index in [0.29, 0.717) is 23.8 Å². The Morgan fingerprint density at radius 3 is 2.18 bits per heavy atom. The molecule has 7 heteroatoms. The summed E-state index contributed by atoms with van der Waals surface area (Å²) in [7, 11) is 8.71. The van der Waals surface area contributed by atoms with Crippen LogP contribution in [0.4, 0.5) is 0 Å². The molecule has 0 saturated carbocycles. The quantitative estimate of drug-likeness (QED) is 0.498. The lowest BCUT2D eigenvalue weighted by atomic mass is 10.00. The second-order valence-electron chi connectivity index (χ2n) is 8.91. The highest BCUT2D eigenvalue weighted by Gasteiger charge is 2.22. The van der Waals surface area contributed by atoms with Gasteiger partial charge in [-0.1, -0.05) is 13.0 Å². The summed E-state index contributed by atoms with van der Waals surface area (Å²) in [6, 6.07) is 10.1. The molecular weight excluding hydrogens is 432 g/mol. The Labute approximate surface area is 203 Å². The first-order valence-electron chi connectivity index (χ1n) is 11.8. The van der Waals surface area contributed by atoms with E-state index < -0.39 is 0 Å². The zero-order valence-corrected chi connectivity index (χ0v) is 21.3. The van der Waals surface area contributed by atoms with E-state index in [4.69, 9.17) is 18.9 Å². The topological polar surface area (TPSA) is 60.5 Å². The molecule has 0 aromatic heterocycles.